The lowest BCUT2D eigenvalue weighted by molar-refractivity contribution is -0.121. The van der Waals surface area contributed by atoms with Crippen LogP contribution in [-0.2, 0) is 11.2 Å². The standard InChI is InChI=1S/C14H22N2O/c1-5-12-9-13(8-7-10(12)3)16-11(4)14(17)15-6-2/h7-9,11,16H,5-6H2,1-4H3,(H,15,17). The first-order chi connectivity index (χ1) is 8.08. The minimum Gasteiger partial charge on any atom is -0.374 e. The first kappa shape index (κ1) is 13.6. The summed E-state index contributed by atoms with van der Waals surface area (Å²) in [7, 11) is 0. The van der Waals surface area contributed by atoms with Crippen molar-refractivity contribution in [3.05, 3.63) is 29.3 Å². The third-order valence-corrected chi connectivity index (χ3v) is 2.86. The number of nitrogens with one attached hydrogen (secondary N) is 2. The van der Waals surface area contributed by atoms with Crippen molar-refractivity contribution in [1.82, 2.24) is 5.32 Å². The molecule has 3 heteroatoms. The van der Waals surface area contributed by atoms with E-state index in [9.17, 15) is 4.79 Å². The van der Waals surface area contributed by atoms with Gasteiger partial charge in [0.05, 0.1) is 0 Å². The normalized spacial score (nSPS) is 12.0. The summed E-state index contributed by atoms with van der Waals surface area (Å²) in [5.74, 6) is 0.0334. The minimum atomic E-state index is -0.206. The third-order valence-electron chi connectivity index (χ3n) is 2.86. The van der Waals surface area contributed by atoms with Gasteiger partial charge in [0.25, 0.3) is 0 Å². The van der Waals surface area contributed by atoms with Gasteiger partial charge in [-0.15, -0.1) is 0 Å². The van der Waals surface area contributed by atoms with E-state index in [2.05, 4.69) is 36.6 Å². The van der Waals surface area contributed by atoms with Crippen molar-refractivity contribution in [3.63, 3.8) is 0 Å². The van der Waals surface area contributed by atoms with Crippen molar-refractivity contribution in [2.45, 2.75) is 40.2 Å². The third kappa shape index (κ3) is 3.77. The lowest BCUT2D eigenvalue weighted by Gasteiger charge is -2.16. The molecule has 3 nitrogen and oxygen atoms in total. The molecule has 1 rings (SSSR count). The van der Waals surface area contributed by atoms with Crippen LogP contribution in [0, 0.1) is 6.92 Å². The van der Waals surface area contributed by atoms with Crippen molar-refractivity contribution in [1.29, 1.82) is 0 Å². The van der Waals surface area contributed by atoms with Crippen molar-refractivity contribution < 1.29 is 4.79 Å². The second kappa shape index (κ2) is 6.28. The molecule has 0 radical (unpaired) electrons. The van der Waals surface area contributed by atoms with E-state index in [1.165, 1.54) is 11.1 Å². The molecule has 1 atom stereocenters. The van der Waals surface area contributed by atoms with Crippen molar-refractivity contribution in [3.8, 4) is 0 Å². The fraction of sp³-hybridized carbons (Fsp3) is 0.500. The van der Waals surface area contributed by atoms with E-state index in [1.54, 1.807) is 0 Å². The molecule has 0 saturated carbocycles. The Morgan fingerprint density at radius 2 is 2.06 bits per heavy atom. The van der Waals surface area contributed by atoms with Crippen molar-refractivity contribution in [2.24, 2.45) is 0 Å². The van der Waals surface area contributed by atoms with Crippen LogP contribution in [0.25, 0.3) is 0 Å². The Kier molecular flexibility index (Phi) is 5.01. The SMILES string of the molecule is CCNC(=O)C(C)Nc1ccc(C)c(CC)c1. The first-order valence-electron chi connectivity index (χ1n) is 6.22. The molecular weight excluding hydrogens is 212 g/mol. The van der Waals surface area contributed by atoms with Gasteiger partial charge in [0.1, 0.15) is 6.04 Å². The van der Waals surface area contributed by atoms with E-state index < -0.39 is 0 Å². The maximum absolute atomic E-state index is 11.6. The second-order valence-corrected chi connectivity index (χ2v) is 4.26. The number of likely N-dealkylation sites (N-methyl/N-ethyl adjacent to an activating group) is 1. The quantitative estimate of drug-likeness (QED) is 0.822. The largest absolute Gasteiger partial charge is 0.374 e. The summed E-state index contributed by atoms with van der Waals surface area (Å²) in [6.07, 6.45) is 1.01. The molecule has 0 bridgehead atoms. The van der Waals surface area contributed by atoms with Gasteiger partial charge in [-0.25, -0.2) is 0 Å². The average Bonchev–Trinajstić information content (AvgIpc) is 2.31. The predicted molar refractivity (Wildman–Crippen MR) is 72.3 cm³/mol. The number of carbonyl (C=O) groups is 1. The Morgan fingerprint density at radius 3 is 2.65 bits per heavy atom. The van der Waals surface area contributed by atoms with Crippen molar-refractivity contribution >= 4 is 11.6 Å². The molecule has 0 spiro atoms. The Hall–Kier alpha value is -1.51. The second-order valence-electron chi connectivity index (χ2n) is 4.26. The van der Waals surface area contributed by atoms with Gasteiger partial charge in [0.2, 0.25) is 5.91 Å². The topological polar surface area (TPSA) is 41.1 Å². The van der Waals surface area contributed by atoms with Gasteiger partial charge in [0, 0.05) is 12.2 Å². The number of amides is 1. The Balaban J connectivity index is 2.71. The zero-order chi connectivity index (χ0) is 12.8. The van der Waals surface area contributed by atoms with Crippen LogP contribution in [-0.4, -0.2) is 18.5 Å². The highest BCUT2D eigenvalue weighted by Crippen LogP contribution is 2.16. The highest BCUT2D eigenvalue weighted by molar-refractivity contribution is 5.84. The summed E-state index contributed by atoms with van der Waals surface area (Å²) < 4.78 is 0. The monoisotopic (exact) mass is 234 g/mol. The van der Waals surface area contributed by atoms with E-state index >= 15 is 0 Å². The predicted octanol–water partition coefficient (Wildman–Crippen LogP) is 2.49. The van der Waals surface area contributed by atoms with E-state index in [1.807, 2.05) is 19.9 Å². The summed E-state index contributed by atoms with van der Waals surface area (Å²) in [6, 6.07) is 6.02. The summed E-state index contributed by atoms with van der Waals surface area (Å²) in [5.41, 5.74) is 3.62. The molecule has 17 heavy (non-hydrogen) atoms. The number of carbonyl (C=O) groups excluding carboxylic acids is 1. The molecule has 0 aliphatic carbocycles. The smallest absolute Gasteiger partial charge is 0.242 e. The van der Waals surface area contributed by atoms with Crippen LogP contribution in [0.2, 0.25) is 0 Å². The number of anilines is 1. The van der Waals surface area contributed by atoms with Crippen LogP contribution in [0.5, 0.6) is 0 Å². The molecule has 1 unspecified atom stereocenters. The zero-order valence-corrected chi connectivity index (χ0v) is 11.1. The molecule has 0 fully saturated rings. The highest BCUT2D eigenvalue weighted by Gasteiger charge is 2.11. The molecule has 0 saturated heterocycles. The summed E-state index contributed by atoms with van der Waals surface area (Å²) >= 11 is 0. The van der Waals surface area contributed by atoms with Gasteiger partial charge in [-0.05, 0) is 50.5 Å². The van der Waals surface area contributed by atoms with Gasteiger partial charge in [-0.2, -0.15) is 0 Å². The van der Waals surface area contributed by atoms with Gasteiger partial charge < -0.3 is 10.6 Å². The lowest BCUT2D eigenvalue weighted by Crippen LogP contribution is -2.37. The number of hydrogen-bond donors (Lipinski definition) is 2. The van der Waals surface area contributed by atoms with Gasteiger partial charge in [-0.3, -0.25) is 4.79 Å². The zero-order valence-electron chi connectivity index (χ0n) is 11.1. The van der Waals surface area contributed by atoms with Gasteiger partial charge in [-0.1, -0.05) is 13.0 Å². The first-order valence-corrected chi connectivity index (χ1v) is 6.22. The average molecular weight is 234 g/mol. The summed E-state index contributed by atoms with van der Waals surface area (Å²) in [5, 5.41) is 6.02. The minimum absolute atomic E-state index is 0.0334. The number of aryl methyl sites for hydroxylation is 2. The van der Waals surface area contributed by atoms with Crippen LogP contribution in [0.15, 0.2) is 18.2 Å². The molecule has 0 aliphatic rings. The Morgan fingerprint density at radius 1 is 1.35 bits per heavy atom. The summed E-state index contributed by atoms with van der Waals surface area (Å²) in [4.78, 5) is 11.6. The molecule has 1 aromatic rings. The molecular formula is C14H22N2O. The molecule has 0 aromatic heterocycles. The Labute approximate surface area is 104 Å². The molecule has 2 N–H and O–H groups in total. The van der Waals surface area contributed by atoms with Crippen LogP contribution < -0.4 is 10.6 Å². The van der Waals surface area contributed by atoms with E-state index in [4.69, 9.17) is 0 Å². The number of benzene rings is 1. The molecule has 0 heterocycles. The summed E-state index contributed by atoms with van der Waals surface area (Å²) in [6.45, 7) is 8.70. The maximum atomic E-state index is 11.6. The molecule has 1 aromatic carbocycles. The van der Waals surface area contributed by atoms with Gasteiger partial charge >= 0.3 is 0 Å². The molecule has 1 amide bonds. The number of hydrogen-bond acceptors (Lipinski definition) is 2. The molecule has 0 aliphatic heterocycles. The van der Waals surface area contributed by atoms with Gasteiger partial charge in [0.15, 0.2) is 0 Å². The van der Waals surface area contributed by atoms with E-state index in [0.29, 0.717) is 6.54 Å². The van der Waals surface area contributed by atoms with Crippen LogP contribution in [0.1, 0.15) is 31.9 Å². The van der Waals surface area contributed by atoms with E-state index in [0.717, 1.165) is 12.1 Å². The number of rotatable bonds is 5. The van der Waals surface area contributed by atoms with Crippen LogP contribution in [0.4, 0.5) is 5.69 Å². The van der Waals surface area contributed by atoms with E-state index in [-0.39, 0.29) is 11.9 Å². The Bertz CT molecular complexity index is 388. The van der Waals surface area contributed by atoms with Crippen LogP contribution >= 0.6 is 0 Å². The molecule has 94 valence electrons. The van der Waals surface area contributed by atoms with Crippen LogP contribution in [0.3, 0.4) is 0 Å². The lowest BCUT2D eigenvalue weighted by atomic mass is 10.1. The fourth-order valence-corrected chi connectivity index (χ4v) is 1.79. The highest BCUT2D eigenvalue weighted by atomic mass is 16.2. The fourth-order valence-electron chi connectivity index (χ4n) is 1.79. The maximum Gasteiger partial charge on any atom is 0.242 e. The van der Waals surface area contributed by atoms with Crippen molar-refractivity contribution in [2.75, 3.05) is 11.9 Å².